The molecule has 2 aliphatic heterocycles. The lowest BCUT2D eigenvalue weighted by molar-refractivity contribution is -0.135. The summed E-state index contributed by atoms with van der Waals surface area (Å²) in [6.45, 7) is 0.520. The van der Waals surface area contributed by atoms with Crippen molar-refractivity contribution in [1.29, 1.82) is 0 Å². The quantitative estimate of drug-likeness (QED) is 0.516. The summed E-state index contributed by atoms with van der Waals surface area (Å²) < 4.78 is 4.85. The number of esters is 1. The molecule has 0 aromatic carbocycles. The topological polar surface area (TPSA) is 26.3 Å². The van der Waals surface area contributed by atoms with Crippen LogP contribution in [0.15, 0.2) is 9.81 Å². The van der Waals surface area contributed by atoms with E-state index in [2.05, 4.69) is 0 Å². The second kappa shape index (κ2) is 2.51. The number of hydrogen-bond donors (Lipinski definition) is 0. The van der Waals surface area contributed by atoms with E-state index in [0.29, 0.717) is 6.61 Å². The second-order valence-corrected chi connectivity index (χ2v) is 4.32. The fourth-order valence-electron chi connectivity index (χ4n) is 0.931. The predicted octanol–water partition coefficient (Wildman–Crippen LogP) is 1.23. The number of rotatable bonds is 0. The minimum absolute atomic E-state index is 0.118. The van der Waals surface area contributed by atoms with Gasteiger partial charge in [0.15, 0.2) is 0 Å². The molecule has 2 nitrogen and oxygen atoms in total. The first kappa shape index (κ1) is 6.61. The maximum atomic E-state index is 10.9. The third-order valence-corrected chi connectivity index (χ3v) is 3.96. The van der Waals surface area contributed by atoms with Gasteiger partial charge in [0, 0.05) is 16.4 Å². The Balaban J connectivity index is 2.29. The SMILES string of the molecule is O=C1OCC2=C1SCCS2. The first-order valence-corrected chi connectivity index (χ1v) is 5.01. The van der Waals surface area contributed by atoms with Gasteiger partial charge >= 0.3 is 5.97 Å². The summed E-state index contributed by atoms with van der Waals surface area (Å²) in [5, 5.41) is 0. The molecule has 0 saturated heterocycles. The Bertz CT molecular complexity index is 210. The summed E-state index contributed by atoms with van der Waals surface area (Å²) in [6.07, 6.45) is 0. The van der Waals surface area contributed by atoms with Crippen molar-refractivity contribution in [2.24, 2.45) is 0 Å². The molecular weight excluding hydrogens is 168 g/mol. The molecule has 4 heteroatoms. The molecule has 54 valence electrons. The fourth-order valence-corrected chi connectivity index (χ4v) is 3.16. The summed E-state index contributed by atoms with van der Waals surface area (Å²) in [7, 11) is 0. The van der Waals surface area contributed by atoms with E-state index in [1.807, 2.05) is 0 Å². The van der Waals surface area contributed by atoms with Crippen molar-refractivity contribution in [2.45, 2.75) is 0 Å². The van der Waals surface area contributed by atoms with Crippen LogP contribution >= 0.6 is 23.5 Å². The number of ether oxygens (including phenoxy) is 1. The highest BCUT2D eigenvalue weighted by Crippen LogP contribution is 2.38. The van der Waals surface area contributed by atoms with Gasteiger partial charge in [0.2, 0.25) is 0 Å². The zero-order chi connectivity index (χ0) is 6.97. The Morgan fingerprint density at radius 1 is 1.30 bits per heavy atom. The van der Waals surface area contributed by atoms with E-state index in [-0.39, 0.29) is 5.97 Å². The molecule has 0 radical (unpaired) electrons. The smallest absolute Gasteiger partial charge is 0.345 e. The Kier molecular flexibility index (Phi) is 1.66. The molecule has 10 heavy (non-hydrogen) atoms. The van der Waals surface area contributed by atoms with Crippen molar-refractivity contribution in [3.63, 3.8) is 0 Å². The normalized spacial score (nSPS) is 24.6. The van der Waals surface area contributed by atoms with Crippen LogP contribution in [-0.4, -0.2) is 24.1 Å². The van der Waals surface area contributed by atoms with Gasteiger partial charge < -0.3 is 4.74 Å². The van der Waals surface area contributed by atoms with Gasteiger partial charge in [-0.1, -0.05) is 0 Å². The summed E-state index contributed by atoms with van der Waals surface area (Å²) in [5.74, 6) is 2.03. The summed E-state index contributed by atoms with van der Waals surface area (Å²) in [5.41, 5.74) is 0. The number of carbonyl (C=O) groups excluding carboxylic acids is 1. The van der Waals surface area contributed by atoms with Crippen LogP contribution in [0.1, 0.15) is 0 Å². The highest BCUT2D eigenvalue weighted by Gasteiger charge is 2.27. The van der Waals surface area contributed by atoms with Crippen molar-refractivity contribution < 1.29 is 9.53 Å². The molecule has 2 aliphatic rings. The average Bonchev–Trinajstić information content (AvgIpc) is 2.34. The van der Waals surface area contributed by atoms with Crippen molar-refractivity contribution in [3.8, 4) is 0 Å². The van der Waals surface area contributed by atoms with E-state index < -0.39 is 0 Å². The number of hydrogen-bond acceptors (Lipinski definition) is 4. The molecule has 0 spiro atoms. The predicted molar refractivity (Wildman–Crippen MR) is 42.9 cm³/mol. The van der Waals surface area contributed by atoms with Gasteiger partial charge in [0.05, 0.1) is 0 Å². The number of thioether (sulfide) groups is 2. The van der Waals surface area contributed by atoms with Crippen LogP contribution in [0.2, 0.25) is 0 Å². The molecule has 0 aliphatic carbocycles. The van der Waals surface area contributed by atoms with Crippen LogP contribution in [-0.2, 0) is 9.53 Å². The van der Waals surface area contributed by atoms with Crippen molar-refractivity contribution in [3.05, 3.63) is 9.81 Å². The van der Waals surface area contributed by atoms with E-state index in [1.54, 1.807) is 23.5 Å². The largest absolute Gasteiger partial charge is 0.456 e. The van der Waals surface area contributed by atoms with Crippen LogP contribution in [0, 0.1) is 0 Å². The molecule has 0 saturated carbocycles. The Labute approximate surface area is 67.4 Å². The lowest BCUT2D eigenvalue weighted by Gasteiger charge is -2.07. The van der Waals surface area contributed by atoms with E-state index in [9.17, 15) is 4.79 Å². The Hall–Kier alpha value is -0.0900. The molecule has 0 amide bonds. The van der Waals surface area contributed by atoms with Crippen LogP contribution in [0.25, 0.3) is 0 Å². The molecule has 0 bridgehead atoms. The molecular formula is C6H6O2S2. The third-order valence-electron chi connectivity index (χ3n) is 1.38. The monoisotopic (exact) mass is 174 g/mol. The van der Waals surface area contributed by atoms with Gasteiger partial charge in [-0.15, -0.1) is 23.5 Å². The van der Waals surface area contributed by atoms with Crippen molar-refractivity contribution in [1.82, 2.24) is 0 Å². The minimum atomic E-state index is -0.118. The summed E-state index contributed by atoms with van der Waals surface area (Å²) in [6, 6.07) is 0. The van der Waals surface area contributed by atoms with Crippen molar-refractivity contribution in [2.75, 3.05) is 18.1 Å². The highest BCUT2D eigenvalue weighted by molar-refractivity contribution is 8.10. The summed E-state index contributed by atoms with van der Waals surface area (Å²) >= 11 is 3.38. The minimum Gasteiger partial charge on any atom is -0.456 e. The van der Waals surface area contributed by atoms with Gasteiger partial charge in [-0.3, -0.25) is 0 Å². The fraction of sp³-hybridized carbons (Fsp3) is 0.500. The van der Waals surface area contributed by atoms with Crippen LogP contribution in [0.3, 0.4) is 0 Å². The molecule has 2 rings (SSSR count). The van der Waals surface area contributed by atoms with E-state index in [4.69, 9.17) is 4.74 Å². The number of carbonyl (C=O) groups is 1. The van der Waals surface area contributed by atoms with E-state index in [1.165, 1.54) is 0 Å². The van der Waals surface area contributed by atoms with E-state index in [0.717, 1.165) is 21.3 Å². The molecule has 2 heterocycles. The lowest BCUT2D eigenvalue weighted by Crippen LogP contribution is -1.99. The highest BCUT2D eigenvalue weighted by atomic mass is 32.2. The Morgan fingerprint density at radius 2 is 2.10 bits per heavy atom. The summed E-state index contributed by atoms with van der Waals surface area (Å²) in [4.78, 5) is 12.9. The lowest BCUT2D eigenvalue weighted by atomic mass is 10.5. The average molecular weight is 174 g/mol. The van der Waals surface area contributed by atoms with Crippen LogP contribution < -0.4 is 0 Å². The Morgan fingerprint density at radius 3 is 2.90 bits per heavy atom. The van der Waals surface area contributed by atoms with Gasteiger partial charge in [-0.05, 0) is 0 Å². The molecule has 0 fully saturated rings. The zero-order valence-corrected chi connectivity index (χ0v) is 6.89. The van der Waals surface area contributed by atoms with Crippen LogP contribution in [0.4, 0.5) is 0 Å². The van der Waals surface area contributed by atoms with E-state index >= 15 is 0 Å². The maximum Gasteiger partial charge on any atom is 0.345 e. The zero-order valence-electron chi connectivity index (χ0n) is 5.25. The van der Waals surface area contributed by atoms with Gasteiger partial charge in [0.1, 0.15) is 11.5 Å². The van der Waals surface area contributed by atoms with Gasteiger partial charge in [-0.25, -0.2) is 4.79 Å². The molecule has 0 unspecified atom stereocenters. The first-order chi connectivity index (χ1) is 4.88. The van der Waals surface area contributed by atoms with Gasteiger partial charge in [-0.2, -0.15) is 0 Å². The third kappa shape index (κ3) is 0.953. The standard InChI is InChI=1S/C6H6O2S2/c7-6-5-4(3-8-6)9-1-2-10-5/h1-3H2. The molecule has 0 aromatic rings. The van der Waals surface area contributed by atoms with Gasteiger partial charge in [0.25, 0.3) is 0 Å². The molecule has 0 aromatic heterocycles. The van der Waals surface area contributed by atoms with Crippen LogP contribution in [0.5, 0.6) is 0 Å². The van der Waals surface area contributed by atoms with Crippen molar-refractivity contribution >= 4 is 29.5 Å². The molecule has 0 N–H and O–H groups in total. The second-order valence-electron chi connectivity index (χ2n) is 2.03. The first-order valence-electron chi connectivity index (χ1n) is 3.04. The maximum absolute atomic E-state index is 10.9. The number of cyclic esters (lactones) is 1. The molecule has 0 atom stereocenters.